The minimum absolute atomic E-state index is 0.112. The Morgan fingerprint density at radius 3 is 2.29 bits per heavy atom. The molecule has 3 rings (SSSR count). The molecule has 28 heavy (non-hydrogen) atoms. The van der Waals surface area contributed by atoms with Gasteiger partial charge in [-0.25, -0.2) is 4.79 Å². The largest absolute Gasteiger partial charge is 0.444 e. The van der Waals surface area contributed by atoms with Crippen molar-refractivity contribution in [1.29, 1.82) is 0 Å². The Balaban J connectivity index is 1.46. The molecular weight excluding hydrogens is 354 g/mol. The molecule has 1 N–H and O–H groups in total. The van der Waals surface area contributed by atoms with Crippen LogP contribution >= 0.6 is 0 Å². The topological polar surface area (TPSA) is 61.9 Å². The van der Waals surface area contributed by atoms with Crippen molar-refractivity contribution >= 4 is 12.0 Å². The van der Waals surface area contributed by atoms with E-state index in [2.05, 4.69) is 10.2 Å². The van der Waals surface area contributed by atoms with Gasteiger partial charge in [-0.1, -0.05) is 25.7 Å². The van der Waals surface area contributed by atoms with Crippen molar-refractivity contribution < 1.29 is 14.3 Å². The van der Waals surface area contributed by atoms with Crippen LogP contribution in [-0.2, 0) is 9.53 Å². The second-order valence-corrected chi connectivity index (χ2v) is 9.90. The third-order valence-corrected chi connectivity index (χ3v) is 6.35. The molecule has 1 aliphatic carbocycles. The van der Waals surface area contributed by atoms with E-state index in [9.17, 15) is 9.59 Å². The Morgan fingerprint density at radius 1 is 0.893 bits per heavy atom. The van der Waals surface area contributed by atoms with Crippen LogP contribution in [0.1, 0.15) is 78.6 Å². The van der Waals surface area contributed by atoms with Crippen molar-refractivity contribution in [3.8, 4) is 0 Å². The SMILES string of the molecule is CC(C)(C)OC(=O)N1CCCC(C(=O)NC2CCN(C3CCCCCC3)C2)C1. The molecule has 0 radical (unpaired) electrons. The molecule has 3 aliphatic rings. The number of carbonyl (C=O) groups excluding carboxylic acids is 2. The van der Waals surface area contributed by atoms with Crippen molar-refractivity contribution in [2.45, 2.75) is 96.2 Å². The zero-order chi connectivity index (χ0) is 20.1. The number of nitrogens with zero attached hydrogens (tertiary/aromatic N) is 2. The summed E-state index contributed by atoms with van der Waals surface area (Å²) in [5, 5.41) is 3.28. The summed E-state index contributed by atoms with van der Waals surface area (Å²) in [5.74, 6) is -0.00539. The molecule has 0 spiro atoms. The monoisotopic (exact) mass is 393 g/mol. The molecule has 2 saturated heterocycles. The molecular formula is C22H39N3O3. The van der Waals surface area contributed by atoms with E-state index < -0.39 is 5.60 Å². The lowest BCUT2D eigenvalue weighted by atomic mass is 9.97. The molecule has 2 unspecified atom stereocenters. The average molecular weight is 394 g/mol. The second kappa shape index (κ2) is 9.47. The highest BCUT2D eigenvalue weighted by Gasteiger charge is 2.34. The van der Waals surface area contributed by atoms with Gasteiger partial charge in [0, 0.05) is 38.3 Å². The van der Waals surface area contributed by atoms with Crippen molar-refractivity contribution in [3.63, 3.8) is 0 Å². The van der Waals surface area contributed by atoms with Gasteiger partial charge in [0.1, 0.15) is 5.60 Å². The van der Waals surface area contributed by atoms with E-state index in [1.165, 1.54) is 38.5 Å². The molecule has 0 aromatic heterocycles. The van der Waals surface area contributed by atoms with Crippen molar-refractivity contribution in [2.75, 3.05) is 26.2 Å². The van der Waals surface area contributed by atoms with Crippen LogP contribution in [-0.4, -0.2) is 65.7 Å². The number of carbonyl (C=O) groups is 2. The maximum Gasteiger partial charge on any atom is 0.410 e. The predicted octanol–water partition coefficient (Wildman–Crippen LogP) is 3.55. The number of rotatable bonds is 3. The van der Waals surface area contributed by atoms with Crippen molar-refractivity contribution in [3.05, 3.63) is 0 Å². The first kappa shape index (κ1) is 21.4. The van der Waals surface area contributed by atoms with Gasteiger partial charge in [-0.2, -0.15) is 0 Å². The van der Waals surface area contributed by atoms with Crippen LogP contribution in [0.4, 0.5) is 4.79 Å². The lowest BCUT2D eigenvalue weighted by molar-refractivity contribution is -0.127. The Bertz CT molecular complexity index is 538. The van der Waals surface area contributed by atoms with E-state index in [-0.39, 0.29) is 24.0 Å². The van der Waals surface area contributed by atoms with Crippen LogP contribution < -0.4 is 5.32 Å². The quantitative estimate of drug-likeness (QED) is 0.745. The standard InChI is InChI=1S/C22H39N3O3/c1-22(2,3)28-21(27)25-13-8-9-17(15-25)20(26)23-18-12-14-24(16-18)19-10-6-4-5-7-11-19/h17-19H,4-16H2,1-3H3,(H,23,26). The Morgan fingerprint density at radius 2 is 1.61 bits per heavy atom. The van der Waals surface area contributed by atoms with Crippen LogP contribution in [0.2, 0.25) is 0 Å². The third kappa shape index (κ3) is 6.10. The summed E-state index contributed by atoms with van der Waals surface area (Å²) in [5.41, 5.74) is -0.502. The molecule has 2 heterocycles. The molecule has 2 aliphatic heterocycles. The average Bonchev–Trinajstić information content (AvgIpc) is 2.93. The summed E-state index contributed by atoms with van der Waals surface area (Å²) in [7, 11) is 0. The first-order valence-corrected chi connectivity index (χ1v) is 11.3. The normalized spacial score (nSPS) is 28.0. The summed E-state index contributed by atoms with van der Waals surface area (Å²) in [4.78, 5) is 29.5. The zero-order valence-electron chi connectivity index (χ0n) is 18.0. The lowest BCUT2D eigenvalue weighted by Gasteiger charge is -2.34. The zero-order valence-corrected chi connectivity index (χ0v) is 18.0. The highest BCUT2D eigenvalue weighted by Crippen LogP contribution is 2.26. The number of piperidine rings is 1. The molecule has 0 aromatic carbocycles. The molecule has 3 fully saturated rings. The molecule has 2 amide bonds. The number of ether oxygens (including phenoxy) is 1. The summed E-state index contributed by atoms with van der Waals surface area (Å²) in [6.07, 6.45) is 10.5. The van der Waals surface area contributed by atoms with E-state index in [4.69, 9.17) is 4.74 Å². The van der Waals surface area contributed by atoms with Crippen LogP contribution in [0.15, 0.2) is 0 Å². The molecule has 0 bridgehead atoms. The highest BCUT2D eigenvalue weighted by molar-refractivity contribution is 5.80. The minimum Gasteiger partial charge on any atom is -0.444 e. The van der Waals surface area contributed by atoms with E-state index in [1.54, 1.807) is 4.90 Å². The highest BCUT2D eigenvalue weighted by atomic mass is 16.6. The number of hydrogen-bond acceptors (Lipinski definition) is 4. The molecule has 6 nitrogen and oxygen atoms in total. The first-order chi connectivity index (χ1) is 13.3. The van der Waals surface area contributed by atoms with E-state index in [0.717, 1.165) is 32.4 Å². The summed E-state index contributed by atoms with van der Waals surface area (Å²) >= 11 is 0. The summed E-state index contributed by atoms with van der Waals surface area (Å²) in [6.45, 7) is 8.86. The Hall–Kier alpha value is -1.30. The van der Waals surface area contributed by atoms with Crippen molar-refractivity contribution in [2.24, 2.45) is 5.92 Å². The van der Waals surface area contributed by atoms with Crippen LogP contribution in [0.5, 0.6) is 0 Å². The smallest absolute Gasteiger partial charge is 0.410 e. The van der Waals surface area contributed by atoms with Gasteiger partial charge in [0.05, 0.1) is 5.92 Å². The number of hydrogen-bond donors (Lipinski definition) is 1. The lowest BCUT2D eigenvalue weighted by Crippen LogP contribution is -2.49. The first-order valence-electron chi connectivity index (χ1n) is 11.3. The van der Waals surface area contributed by atoms with Crippen LogP contribution in [0, 0.1) is 5.92 Å². The maximum atomic E-state index is 12.8. The van der Waals surface area contributed by atoms with Gasteiger partial charge in [0.2, 0.25) is 5.91 Å². The van der Waals surface area contributed by atoms with Gasteiger partial charge in [-0.05, 0) is 52.9 Å². The van der Waals surface area contributed by atoms with E-state index >= 15 is 0 Å². The summed E-state index contributed by atoms with van der Waals surface area (Å²) < 4.78 is 5.48. The van der Waals surface area contributed by atoms with Gasteiger partial charge < -0.3 is 15.0 Å². The van der Waals surface area contributed by atoms with Gasteiger partial charge >= 0.3 is 6.09 Å². The molecule has 2 atom stereocenters. The number of amides is 2. The second-order valence-electron chi connectivity index (χ2n) is 9.90. The van der Waals surface area contributed by atoms with Crippen molar-refractivity contribution in [1.82, 2.24) is 15.1 Å². The van der Waals surface area contributed by atoms with Crippen LogP contribution in [0.25, 0.3) is 0 Å². The fourth-order valence-corrected chi connectivity index (χ4v) is 4.86. The fourth-order valence-electron chi connectivity index (χ4n) is 4.86. The summed E-state index contributed by atoms with van der Waals surface area (Å²) in [6, 6.07) is 0.967. The Kier molecular flexibility index (Phi) is 7.24. The predicted molar refractivity (Wildman–Crippen MR) is 110 cm³/mol. The third-order valence-electron chi connectivity index (χ3n) is 6.35. The molecule has 0 aromatic rings. The fraction of sp³-hybridized carbons (Fsp3) is 0.909. The van der Waals surface area contributed by atoms with Gasteiger partial charge in [0.15, 0.2) is 0 Å². The van der Waals surface area contributed by atoms with Gasteiger partial charge in [-0.3, -0.25) is 9.69 Å². The molecule has 6 heteroatoms. The van der Waals surface area contributed by atoms with Gasteiger partial charge in [-0.15, -0.1) is 0 Å². The minimum atomic E-state index is -0.502. The maximum absolute atomic E-state index is 12.8. The molecule has 160 valence electrons. The van der Waals surface area contributed by atoms with Gasteiger partial charge in [0.25, 0.3) is 0 Å². The van der Waals surface area contributed by atoms with E-state index in [0.29, 0.717) is 19.1 Å². The van der Waals surface area contributed by atoms with Crippen LogP contribution in [0.3, 0.4) is 0 Å². The molecule has 1 saturated carbocycles. The van der Waals surface area contributed by atoms with E-state index in [1.807, 2.05) is 20.8 Å². The number of likely N-dealkylation sites (tertiary alicyclic amines) is 2. The number of nitrogens with one attached hydrogen (secondary N) is 1. The Labute approximate surface area is 170 Å².